The topological polar surface area (TPSA) is 282 Å². The standard InChI is InChI=1S/C3H3NO18P6.Fe.Na.H/c5-23(6)17-1(18-24(7)8)4(2(19-25(9)10)20-26(11)12)3(21-27(13)14)22-28(15)16;;;/h1-3H;;;/q;;+1;-1/p+6. The SMILES string of the molecule is O=[P+](O)OC(O[P+](=O)O)N(C(O[P+](=O)O)O[P+](=O)O)C(O[P+](=O)O)O[P+](=O)O.[Fe].[H-].[Na+]. The molecule has 30 heavy (non-hydrogen) atoms. The molecule has 27 heteroatoms. The molecular formula is C3H10FeNNaO18P6+6. The van der Waals surface area contributed by atoms with E-state index in [0.717, 1.165) is 0 Å². The van der Waals surface area contributed by atoms with E-state index in [1.54, 1.807) is 0 Å². The largest absolute Gasteiger partial charge is 1.00 e. The van der Waals surface area contributed by atoms with Crippen LogP contribution in [-0.4, -0.2) is 53.5 Å². The van der Waals surface area contributed by atoms with Gasteiger partial charge in [0.25, 0.3) is 0 Å². The van der Waals surface area contributed by atoms with E-state index in [4.69, 9.17) is 29.4 Å². The van der Waals surface area contributed by atoms with Crippen LogP contribution in [0.4, 0.5) is 0 Å². The second-order valence-electron chi connectivity index (χ2n) is 3.43. The Morgan fingerprint density at radius 2 is 0.633 bits per heavy atom. The van der Waals surface area contributed by atoms with Crippen molar-refractivity contribution in [1.82, 2.24) is 4.90 Å². The van der Waals surface area contributed by atoms with Crippen molar-refractivity contribution in [3.8, 4) is 0 Å². The van der Waals surface area contributed by atoms with Crippen molar-refractivity contribution < 1.29 is 132 Å². The van der Waals surface area contributed by atoms with Gasteiger partial charge in [-0.25, -0.2) is 0 Å². The molecule has 0 amide bonds. The van der Waals surface area contributed by atoms with Crippen LogP contribution in [0.3, 0.4) is 0 Å². The van der Waals surface area contributed by atoms with E-state index in [1.165, 1.54) is 0 Å². The van der Waals surface area contributed by atoms with E-state index in [2.05, 4.69) is 27.1 Å². The van der Waals surface area contributed by atoms with Crippen LogP contribution in [0, 0.1) is 0 Å². The molecule has 0 saturated heterocycles. The molecule has 0 bridgehead atoms. The van der Waals surface area contributed by atoms with Gasteiger partial charge in [-0.1, -0.05) is 27.1 Å². The molecule has 0 aliphatic rings. The molecule has 6 atom stereocenters. The summed E-state index contributed by atoms with van der Waals surface area (Å²) in [7, 11) is -22.5. The third-order valence-corrected chi connectivity index (χ3v) is 3.98. The van der Waals surface area contributed by atoms with E-state index < -0.39 is 68.8 Å². The summed E-state index contributed by atoms with van der Waals surface area (Å²) in [4.78, 5) is 52.4. The zero-order chi connectivity index (χ0) is 22.0. The molecule has 0 aliphatic heterocycles. The zero-order valence-electron chi connectivity index (χ0n) is 14.8. The Balaban J connectivity index is -0.00000121. The Bertz CT molecular complexity index is 522. The normalized spacial score (nSPS) is 16.9. The molecule has 0 fully saturated rings. The Labute approximate surface area is 204 Å². The van der Waals surface area contributed by atoms with Gasteiger partial charge < -0.3 is 1.43 Å². The number of hydrogen-bond donors (Lipinski definition) is 6. The maximum Gasteiger partial charge on any atom is 1.00 e. The van der Waals surface area contributed by atoms with Crippen molar-refractivity contribution >= 4 is 49.5 Å². The minimum absolute atomic E-state index is 0. The fourth-order valence-corrected chi connectivity index (χ4v) is 3.19. The minimum Gasteiger partial charge on any atom is -1.00 e. The third kappa shape index (κ3) is 17.1. The zero-order valence-corrected chi connectivity index (χ0v) is 22.3. The average Bonchev–Trinajstić information content (AvgIpc) is 2.42. The Morgan fingerprint density at radius 3 is 0.733 bits per heavy atom. The molecule has 6 N–H and O–H groups in total. The minimum atomic E-state index is -3.75. The number of rotatable bonds is 15. The summed E-state index contributed by atoms with van der Waals surface area (Å²) in [5.41, 5.74) is 0. The van der Waals surface area contributed by atoms with Crippen molar-refractivity contribution in [3.63, 3.8) is 0 Å². The maximum absolute atomic E-state index is 10.9. The van der Waals surface area contributed by atoms with Gasteiger partial charge in [-0.05, 0) is 0 Å². The molecule has 0 spiro atoms. The number of hydrogen-bond acceptors (Lipinski definition) is 13. The van der Waals surface area contributed by atoms with Crippen LogP contribution in [-0.2, 0) is 71.6 Å². The molecular weight excluding hydrogens is 603 g/mol. The fraction of sp³-hybridized carbons (Fsp3) is 1.00. The van der Waals surface area contributed by atoms with Gasteiger partial charge in [-0.2, -0.15) is 0 Å². The molecule has 19 nitrogen and oxygen atoms in total. The predicted molar refractivity (Wildman–Crippen MR) is 79.8 cm³/mol. The summed E-state index contributed by atoms with van der Waals surface area (Å²) < 4.78 is 89.9. The second kappa shape index (κ2) is 19.0. The maximum atomic E-state index is 10.9. The smallest absolute Gasteiger partial charge is 1.00 e. The van der Waals surface area contributed by atoms with E-state index in [1.807, 2.05) is 0 Å². The second-order valence-corrected chi connectivity index (χ2v) is 7.55. The molecule has 0 radical (unpaired) electrons. The van der Waals surface area contributed by atoms with E-state index in [0.29, 0.717) is 0 Å². The first-order valence-electron chi connectivity index (χ1n) is 5.58. The van der Waals surface area contributed by atoms with Gasteiger partial charge in [-0.3, -0.25) is 0 Å². The first-order chi connectivity index (χ1) is 12.8. The van der Waals surface area contributed by atoms with Gasteiger partial charge >= 0.3 is 98.3 Å². The van der Waals surface area contributed by atoms with Crippen molar-refractivity contribution in [2.45, 2.75) is 19.2 Å². The quantitative estimate of drug-likeness (QED) is 0.0620. The summed E-state index contributed by atoms with van der Waals surface area (Å²) >= 11 is 0. The van der Waals surface area contributed by atoms with Gasteiger partial charge in [0.2, 0.25) is 0 Å². The first-order valence-corrected chi connectivity index (χ1v) is 12.4. The Hall–Kier alpha value is 1.60. The average molecular weight is 613 g/mol. The van der Waals surface area contributed by atoms with Gasteiger partial charge in [0, 0.05) is 44.5 Å². The van der Waals surface area contributed by atoms with Crippen LogP contribution in [0.1, 0.15) is 1.43 Å². The molecule has 0 heterocycles. The van der Waals surface area contributed by atoms with Crippen LogP contribution in [0.5, 0.6) is 0 Å². The van der Waals surface area contributed by atoms with Crippen molar-refractivity contribution in [2.24, 2.45) is 0 Å². The van der Waals surface area contributed by atoms with E-state index in [9.17, 15) is 27.4 Å². The Kier molecular flexibility index (Phi) is 22.9. The van der Waals surface area contributed by atoms with Crippen LogP contribution < -0.4 is 29.6 Å². The van der Waals surface area contributed by atoms with Gasteiger partial charge in [0.05, 0.1) is 0 Å². The molecule has 0 aromatic heterocycles. The van der Waals surface area contributed by atoms with Gasteiger partial charge in [0.15, 0.2) is 0 Å². The first kappa shape index (κ1) is 36.2. The monoisotopic (exact) mass is 613 g/mol. The van der Waals surface area contributed by atoms with Crippen LogP contribution >= 0.6 is 49.5 Å². The molecule has 6 unspecified atom stereocenters. The van der Waals surface area contributed by atoms with E-state index in [-0.39, 0.29) is 53.0 Å². The van der Waals surface area contributed by atoms with Gasteiger partial charge in [0.1, 0.15) is 0 Å². The van der Waals surface area contributed by atoms with Crippen LogP contribution in [0.2, 0.25) is 0 Å². The summed E-state index contributed by atoms with van der Waals surface area (Å²) in [6, 6.07) is 0. The summed E-state index contributed by atoms with van der Waals surface area (Å²) in [6.45, 7) is 0. The summed E-state index contributed by atoms with van der Waals surface area (Å²) in [5.74, 6) is 0. The van der Waals surface area contributed by atoms with Crippen molar-refractivity contribution in [3.05, 3.63) is 0 Å². The number of nitrogens with zero attached hydrogens (tertiary/aromatic N) is 1. The van der Waals surface area contributed by atoms with Crippen molar-refractivity contribution in [1.29, 1.82) is 0 Å². The van der Waals surface area contributed by atoms with E-state index >= 15 is 0 Å². The van der Waals surface area contributed by atoms with Gasteiger partial charge in [-0.15, -0.1) is 34.3 Å². The van der Waals surface area contributed by atoms with Crippen LogP contribution in [0.25, 0.3) is 0 Å². The molecule has 0 saturated carbocycles. The molecule has 0 rings (SSSR count). The van der Waals surface area contributed by atoms with Crippen molar-refractivity contribution in [2.75, 3.05) is 0 Å². The summed E-state index contributed by atoms with van der Waals surface area (Å²) in [6.07, 6.45) is -8.40. The van der Waals surface area contributed by atoms with Crippen LogP contribution in [0.15, 0.2) is 0 Å². The molecule has 0 aromatic carbocycles. The predicted octanol–water partition coefficient (Wildman–Crippen LogP) is -2.75. The molecule has 168 valence electrons. The molecule has 0 aliphatic carbocycles. The summed E-state index contributed by atoms with van der Waals surface area (Å²) in [5, 5.41) is 0. The molecule has 0 aromatic rings. The Morgan fingerprint density at radius 1 is 0.500 bits per heavy atom. The third-order valence-electron chi connectivity index (χ3n) is 1.81. The fourth-order valence-electron chi connectivity index (χ4n) is 1.15.